The fraction of sp³-hybridized carbons (Fsp3) is 0.450. The summed E-state index contributed by atoms with van der Waals surface area (Å²) < 4.78 is 10.5. The average molecular weight is 376 g/mol. The quantitative estimate of drug-likeness (QED) is 0.530. The van der Waals surface area contributed by atoms with Crippen LogP contribution >= 0.6 is 0 Å². The number of carboxylic acids is 1. The summed E-state index contributed by atoms with van der Waals surface area (Å²) in [6, 6.07) is 0. The van der Waals surface area contributed by atoms with Crippen molar-refractivity contribution in [2.75, 3.05) is 7.11 Å². The van der Waals surface area contributed by atoms with E-state index in [1.807, 2.05) is 0 Å². The van der Waals surface area contributed by atoms with Gasteiger partial charge >= 0.3 is 11.9 Å². The monoisotopic (exact) mass is 376 g/mol. The molecule has 0 amide bonds. The Hall–Kier alpha value is -2.83. The third kappa shape index (κ3) is 4.30. The fourth-order valence-corrected chi connectivity index (χ4v) is 3.41. The molecule has 1 aromatic rings. The van der Waals surface area contributed by atoms with Crippen LogP contribution < -0.4 is 4.74 Å². The SMILES string of the molecule is COc1c(C)c2c(c(O)c1C/C=C(\C)C(CC(C)=O)CC(=O)O)C(=O)OC2. The van der Waals surface area contributed by atoms with Gasteiger partial charge in [-0.25, -0.2) is 4.79 Å². The molecule has 0 aromatic heterocycles. The second kappa shape index (κ2) is 8.24. The van der Waals surface area contributed by atoms with Gasteiger partial charge in [0.2, 0.25) is 0 Å². The predicted molar refractivity (Wildman–Crippen MR) is 97.0 cm³/mol. The smallest absolute Gasteiger partial charge is 0.342 e. The predicted octanol–water partition coefficient (Wildman–Crippen LogP) is 2.94. The van der Waals surface area contributed by atoms with Crippen LogP contribution in [0.3, 0.4) is 0 Å². The van der Waals surface area contributed by atoms with Crippen molar-refractivity contribution in [1.29, 1.82) is 0 Å². The number of benzene rings is 1. The summed E-state index contributed by atoms with van der Waals surface area (Å²) in [7, 11) is 1.48. The van der Waals surface area contributed by atoms with Crippen molar-refractivity contribution < 1.29 is 34.1 Å². The number of Topliss-reactive ketones (excluding diaryl/α,β-unsaturated/α-hetero) is 1. The van der Waals surface area contributed by atoms with Gasteiger partial charge in [-0.3, -0.25) is 4.79 Å². The minimum atomic E-state index is -0.981. The molecule has 0 saturated carbocycles. The first-order valence-electron chi connectivity index (χ1n) is 8.63. The summed E-state index contributed by atoms with van der Waals surface area (Å²) in [6.45, 7) is 5.07. The summed E-state index contributed by atoms with van der Waals surface area (Å²) >= 11 is 0. The van der Waals surface area contributed by atoms with E-state index in [0.29, 0.717) is 16.9 Å². The Bertz CT molecular complexity index is 804. The number of hydrogen-bond donors (Lipinski definition) is 2. The Balaban J connectivity index is 2.41. The number of ketones is 1. The molecule has 0 radical (unpaired) electrons. The summed E-state index contributed by atoms with van der Waals surface area (Å²) in [5, 5.41) is 19.7. The highest BCUT2D eigenvalue weighted by Gasteiger charge is 2.32. The second-order valence-corrected chi connectivity index (χ2v) is 6.77. The Kier molecular flexibility index (Phi) is 6.25. The highest BCUT2D eigenvalue weighted by atomic mass is 16.5. The van der Waals surface area contributed by atoms with Crippen molar-refractivity contribution in [2.24, 2.45) is 5.92 Å². The molecule has 7 heteroatoms. The number of methoxy groups -OCH3 is 1. The number of rotatable bonds is 8. The van der Waals surface area contributed by atoms with Gasteiger partial charge in [-0.2, -0.15) is 0 Å². The first kappa shape index (κ1) is 20.5. The van der Waals surface area contributed by atoms with Crippen molar-refractivity contribution >= 4 is 17.7 Å². The summed E-state index contributed by atoms with van der Waals surface area (Å²) in [5.41, 5.74) is 2.65. The molecular formula is C20H24O7. The first-order valence-corrected chi connectivity index (χ1v) is 8.63. The number of esters is 1. The third-order valence-electron chi connectivity index (χ3n) is 4.87. The van der Waals surface area contributed by atoms with Crippen LogP contribution in [0.25, 0.3) is 0 Å². The highest BCUT2D eigenvalue weighted by Crippen LogP contribution is 2.42. The highest BCUT2D eigenvalue weighted by molar-refractivity contribution is 5.98. The van der Waals surface area contributed by atoms with E-state index in [4.69, 9.17) is 14.6 Å². The fourth-order valence-electron chi connectivity index (χ4n) is 3.41. The maximum Gasteiger partial charge on any atom is 0.342 e. The third-order valence-corrected chi connectivity index (χ3v) is 4.87. The number of carboxylic acid groups (broad SMARTS) is 1. The van der Waals surface area contributed by atoms with Gasteiger partial charge in [0.15, 0.2) is 0 Å². The number of aromatic hydroxyl groups is 1. The standard InChI is InChI=1S/C20H24O7/c1-10(13(7-11(2)21)8-16(22)23)5-6-14-18(24)17-15(9-27-20(17)25)12(3)19(14)26-4/h5,13,24H,6-9H2,1-4H3,(H,22,23)/b10-5+. The van der Waals surface area contributed by atoms with Crippen molar-refractivity contribution in [2.45, 2.75) is 46.6 Å². The molecule has 146 valence electrons. The van der Waals surface area contributed by atoms with Crippen LogP contribution in [-0.2, 0) is 27.4 Å². The van der Waals surface area contributed by atoms with E-state index in [2.05, 4.69) is 0 Å². The zero-order valence-electron chi connectivity index (χ0n) is 15.9. The van der Waals surface area contributed by atoms with Crippen LogP contribution in [0.5, 0.6) is 11.5 Å². The zero-order chi connectivity index (χ0) is 20.3. The number of aliphatic carboxylic acids is 1. The van der Waals surface area contributed by atoms with E-state index in [-0.39, 0.29) is 43.0 Å². The lowest BCUT2D eigenvalue weighted by atomic mass is 9.89. The zero-order valence-corrected chi connectivity index (χ0v) is 15.9. The molecule has 2 N–H and O–H groups in total. The van der Waals surface area contributed by atoms with Crippen molar-refractivity contribution in [3.63, 3.8) is 0 Å². The van der Waals surface area contributed by atoms with Crippen LogP contribution in [-0.4, -0.2) is 35.0 Å². The van der Waals surface area contributed by atoms with Crippen LogP contribution in [0.4, 0.5) is 0 Å². The lowest BCUT2D eigenvalue weighted by Gasteiger charge is -2.17. The molecule has 2 rings (SSSR count). The Morgan fingerprint density at radius 2 is 1.96 bits per heavy atom. The second-order valence-electron chi connectivity index (χ2n) is 6.77. The molecular weight excluding hydrogens is 352 g/mol. The molecule has 0 aliphatic carbocycles. The first-order chi connectivity index (χ1) is 12.7. The van der Waals surface area contributed by atoms with E-state index >= 15 is 0 Å². The van der Waals surface area contributed by atoms with E-state index in [0.717, 1.165) is 11.1 Å². The van der Waals surface area contributed by atoms with E-state index in [9.17, 15) is 19.5 Å². The Labute approximate surface area is 157 Å². The molecule has 0 fully saturated rings. The van der Waals surface area contributed by atoms with Gasteiger partial charge in [0.25, 0.3) is 0 Å². The number of ether oxygens (including phenoxy) is 2. The molecule has 1 heterocycles. The number of carbonyl (C=O) groups is 3. The average Bonchev–Trinajstić information content (AvgIpc) is 2.97. The topological polar surface area (TPSA) is 110 Å². The van der Waals surface area contributed by atoms with Gasteiger partial charge in [0, 0.05) is 17.5 Å². The molecule has 1 aliphatic heterocycles. The van der Waals surface area contributed by atoms with Gasteiger partial charge in [0.05, 0.1) is 13.5 Å². The lowest BCUT2D eigenvalue weighted by molar-refractivity contribution is -0.137. The van der Waals surface area contributed by atoms with E-state index in [1.54, 1.807) is 19.9 Å². The minimum Gasteiger partial charge on any atom is -0.507 e. The Morgan fingerprint density at radius 1 is 1.30 bits per heavy atom. The number of carbonyl (C=O) groups excluding carboxylic acids is 2. The van der Waals surface area contributed by atoms with Gasteiger partial charge in [-0.1, -0.05) is 11.6 Å². The van der Waals surface area contributed by atoms with E-state index < -0.39 is 17.9 Å². The summed E-state index contributed by atoms with van der Waals surface area (Å²) in [5.74, 6) is -1.78. The number of phenols is 1. The number of phenolic OH excluding ortho intramolecular Hbond substituents is 1. The maximum absolute atomic E-state index is 11.9. The number of allylic oxidation sites excluding steroid dienone is 2. The number of hydrogen-bond acceptors (Lipinski definition) is 6. The van der Waals surface area contributed by atoms with Crippen LogP contribution in [0, 0.1) is 12.8 Å². The molecule has 1 aliphatic rings. The van der Waals surface area contributed by atoms with Crippen molar-refractivity contribution in [1.82, 2.24) is 0 Å². The molecule has 1 aromatic carbocycles. The number of fused-ring (bicyclic) bond motifs is 1. The van der Waals surface area contributed by atoms with Crippen LogP contribution in [0.2, 0.25) is 0 Å². The Morgan fingerprint density at radius 3 is 2.52 bits per heavy atom. The number of cyclic esters (lactones) is 1. The van der Waals surface area contributed by atoms with Crippen LogP contribution in [0.1, 0.15) is 53.7 Å². The molecule has 1 atom stereocenters. The molecule has 0 spiro atoms. The van der Waals surface area contributed by atoms with Crippen molar-refractivity contribution in [3.8, 4) is 11.5 Å². The molecule has 0 saturated heterocycles. The van der Waals surface area contributed by atoms with Gasteiger partial charge in [0.1, 0.15) is 29.5 Å². The molecule has 7 nitrogen and oxygen atoms in total. The minimum absolute atomic E-state index is 0.0921. The summed E-state index contributed by atoms with van der Waals surface area (Å²) in [4.78, 5) is 34.5. The van der Waals surface area contributed by atoms with Crippen molar-refractivity contribution in [3.05, 3.63) is 33.9 Å². The molecule has 0 bridgehead atoms. The van der Waals surface area contributed by atoms with Crippen LogP contribution in [0.15, 0.2) is 11.6 Å². The molecule has 27 heavy (non-hydrogen) atoms. The molecule has 1 unspecified atom stereocenters. The normalized spacial score (nSPS) is 14.5. The largest absolute Gasteiger partial charge is 0.507 e. The van der Waals surface area contributed by atoms with Gasteiger partial charge < -0.3 is 24.5 Å². The summed E-state index contributed by atoms with van der Waals surface area (Å²) in [6.07, 6.45) is 1.98. The maximum atomic E-state index is 11.9. The lowest BCUT2D eigenvalue weighted by Crippen LogP contribution is -2.13. The van der Waals surface area contributed by atoms with E-state index in [1.165, 1.54) is 14.0 Å². The van der Waals surface area contributed by atoms with Gasteiger partial charge in [-0.15, -0.1) is 0 Å². The van der Waals surface area contributed by atoms with Gasteiger partial charge in [-0.05, 0) is 38.7 Å².